The molecule has 2 heterocycles. The second kappa shape index (κ2) is 11.8. The van der Waals surface area contributed by atoms with Crippen LogP contribution in [-0.4, -0.2) is 68.5 Å². The Kier molecular flexibility index (Phi) is 8.68. The van der Waals surface area contributed by atoms with E-state index in [1.165, 1.54) is 41.3 Å². The van der Waals surface area contributed by atoms with Gasteiger partial charge in [0, 0.05) is 28.2 Å². The summed E-state index contributed by atoms with van der Waals surface area (Å²) < 4.78 is 68.4. The van der Waals surface area contributed by atoms with Crippen molar-refractivity contribution in [1.82, 2.24) is 14.5 Å². The van der Waals surface area contributed by atoms with Gasteiger partial charge in [0.15, 0.2) is 6.04 Å². The maximum Gasteiger partial charge on any atom is 0.298 e. The Balaban J connectivity index is 1.50. The number of amides is 1. The van der Waals surface area contributed by atoms with Crippen molar-refractivity contribution in [3.63, 3.8) is 0 Å². The molecule has 3 aromatic rings. The van der Waals surface area contributed by atoms with Gasteiger partial charge in [0.05, 0.1) is 11.0 Å². The smallest absolute Gasteiger partial charge is 0.298 e. The Hall–Kier alpha value is -2.60. The van der Waals surface area contributed by atoms with Gasteiger partial charge in [-0.05, 0) is 101 Å². The number of nitrogens with zero attached hydrogens (tertiary/aromatic N) is 2. The number of ether oxygens (including phenoxy) is 1. The first-order chi connectivity index (χ1) is 19.8. The highest BCUT2D eigenvalue weighted by Gasteiger charge is 2.54. The molecule has 0 spiro atoms. The van der Waals surface area contributed by atoms with Gasteiger partial charge < -0.3 is 14.5 Å². The molecule has 3 atom stereocenters. The van der Waals surface area contributed by atoms with Crippen molar-refractivity contribution in [2.24, 2.45) is 0 Å². The third kappa shape index (κ3) is 6.20. The molecule has 3 aromatic carbocycles. The molecule has 226 valence electrons. The first-order valence-corrected chi connectivity index (χ1v) is 16.4. The molecule has 2 fully saturated rings. The lowest BCUT2D eigenvalue weighted by Crippen LogP contribution is -2.61. The lowest BCUT2D eigenvalue weighted by molar-refractivity contribution is -0.149. The monoisotopic (exact) mass is 663 g/mol. The Morgan fingerprint density at radius 3 is 2.19 bits per heavy atom. The summed E-state index contributed by atoms with van der Waals surface area (Å²) >= 11 is 3.25. The van der Waals surface area contributed by atoms with E-state index in [9.17, 15) is 13.2 Å². The summed E-state index contributed by atoms with van der Waals surface area (Å²) in [5, 5.41) is 1.33. The zero-order valence-corrected chi connectivity index (χ0v) is 26.5. The first-order valence-electron chi connectivity index (χ1n) is 14.1. The number of sulfonamides is 1. The molecule has 11 heteroatoms. The number of alkyl halides is 2. The number of hydrogen-bond donors (Lipinski definition) is 1. The topological polar surface area (TPSA) is 78.9 Å². The Bertz CT molecular complexity index is 1550. The van der Waals surface area contributed by atoms with E-state index in [0.717, 1.165) is 5.39 Å². The van der Waals surface area contributed by atoms with E-state index in [0.29, 0.717) is 41.3 Å². The standard InChI is InChI=1S/C31H36BrF2N3O4S/c1-19(2)41-27-13-5-21-16-28(14-6-20(21)15-27)42(39,40)35-29(31(33,34)22-7-9-23(32)10-8-22)30(38)37-24-11-12-25(37)18-26(17-24)36(3)4/h5-10,13-16,19,24-26,29,35H,11-12,17-18H2,1-4H3/t24?,25?,26?,29-/m0/s1. The van der Waals surface area contributed by atoms with Crippen LogP contribution in [0.4, 0.5) is 8.78 Å². The molecule has 2 unspecified atom stereocenters. The van der Waals surface area contributed by atoms with E-state index in [-0.39, 0.29) is 29.1 Å². The van der Waals surface area contributed by atoms with Gasteiger partial charge in [-0.15, -0.1) is 0 Å². The van der Waals surface area contributed by atoms with Crippen LogP contribution in [-0.2, 0) is 20.7 Å². The number of rotatable bonds is 9. The lowest BCUT2D eigenvalue weighted by atomic mass is 9.93. The fourth-order valence-electron chi connectivity index (χ4n) is 6.13. The molecule has 2 aliphatic rings. The minimum Gasteiger partial charge on any atom is -0.491 e. The average Bonchev–Trinajstić information content (AvgIpc) is 3.19. The predicted octanol–water partition coefficient (Wildman–Crippen LogP) is 5.91. The summed E-state index contributed by atoms with van der Waals surface area (Å²) in [6.07, 6.45) is 2.70. The van der Waals surface area contributed by atoms with Crippen molar-refractivity contribution in [2.75, 3.05) is 14.1 Å². The Morgan fingerprint density at radius 1 is 1.00 bits per heavy atom. The second-order valence-corrected chi connectivity index (χ2v) is 14.4. The zero-order valence-electron chi connectivity index (χ0n) is 24.1. The largest absolute Gasteiger partial charge is 0.491 e. The number of hydrogen-bond acceptors (Lipinski definition) is 5. The molecule has 2 bridgehead atoms. The van der Waals surface area contributed by atoms with Gasteiger partial charge in [-0.2, -0.15) is 13.5 Å². The SMILES string of the molecule is CC(C)Oc1ccc2cc(S(=O)(=O)N[C@@H](C(=O)N3C4CCC3CC(N(C)C)C4)C(F)(F)c3ccc(Br)cc3)ccc2c1. The maximum absolute atomic E-state index is 16.3. The number of piperidine rings is 1. The van der Waals surface area contributed by atoms with Crippen molar-refractivity contribution >= 4 is 42.6 Å². The van der Waals surface area contributed by atoms with Crippen LogP contribution in [0.15, 0.2) is 70.0 Å². The molecule has 0 saturated carbocycles. The Labute approximate surface area is 254 Å². The lowest BCUT2D eigenvalue weighted by Gasteiger charge is -2.43. The molecule has 0 aliphatic carbocycles. The highest BCUT2D eigenvalue weighted by Crippen LogP contribution is 2.41. The van der Waals surface area contributed by atoms with Gasteiger partial charge in [0.25, 0.3) is 5.92 Å². The van der Waals surface area contributed by atoms with Crippen LogP contribution in [0.1, 0.15) is 45.1 Å². The predicted molar refractivity (Wildman–Crippen MR) is 162 cm³/mol. The molecular weight excluding hydrogens is 628 g/mol. The van der Waals surface area contributed by atoms with E-state index in [1.54, 1.807) is 24.3 Å². The van der Waals surface area contributed by atoms with Crippen molar-refractivity contribution in [3.05, 3.63) is 70.7 Å². The summed E-state index contributed by atoms with van der Waals surface area (Å²) in [7, 11) is -0.580. The van der Waals surface area contributed by atoms with Crippen LogP contribution >= 0.6 is 15.9 Å². The normalized spacial score (nSPS) is 21.7. The third-order valence-corrected chi connectivity index (χ3v) is 10.2. The summed E-state index contributed by atoms with van der Waals surface area (Å²) in [6, 6.07) is 12.4. The quantitative estimate of drug-likeness (QED) is 0.308. The van der Waals surface area contributed by atoms with Crippen LogP contribution in [0.25, 0.3) is 10.8 Å². The highest BCUT2D eigenvalue weighted by atomic mass is 79.9. The first kappa shape index (κ1) is 30.8. The summed E-state index contributed by atoms with van der Waals surface area (Å²) in [5.74, 6) is -4.08. The van der Waals surface area contributed by atoms with Gasteiger partial charge in [0.1, 0.15) is 5.75 Å². The van der Waals surface area contributed by atoms with E-state index in [1.807, 2.05) is 27.9 Å². The molecule has 0 radical (unpaired) electrons. The van der Waals surface area contributed by atoms with Gasteiger partial charge in [0.2, 0.25) is 15.9 Å². The molecule has 2 saturated heterocycles. The van der Waals surface area contributed by atoms with Crippen LogP contribution in [0.5, 0.6) is 5.75 Å². The van der Waals surface area contributed by atoms with Crippen molar-refractivity contribution < 1.29 is 26.7 Å². The third-order valence-electron chi connectivity index (χ3n) is 8.27. The van der Waals surface area contributed by atoms with Crippen molar-refractivity contribution in [1.29, 1.82) is 0 Å². The number of nitrogens with one attached hydrogen (secondary N) is 1. The van der Waals surface area contributed by atoms with Gasteiger partial charge in [-0.25, -0.2) is 8.42 Å². The summed E-state index contributed by atoms with van der Waals surface area (Å²) in [6.45, 7) is 3.81. The molecule has 5 rings (SSSR count). The number of fused-ring (bicyclic) bond motifs is 3. The van der Waals surface area contributed by atoms with Crippen molar-refractivity contribution in [3.8, 4) is 5.75 Å². The fourth-order valence-corrected chi connectivity index (χ4v) is 7.62. The van der Waals surface area contributed by atoms with E-state index < -0.39 is 33.5 Å². The van der Waals surface area contributed by atoms with Gasteiger partial charge >= 0.3 is 0 Å². The van der Waals surface area contributed by atoms with E-state index in [2.05, 4.69) is 25.6 Å². The van der Waals surface area contributed by atoms with Crippen LogP contribution < -0.4 is 9.46 Å². The molecule has 7 nitrogen and oxygen atoms in total. The molecule has 1 amide bonds. The molecular formula is C31H36BrF2N3O4S. The van der Waals surface area contributed by atoms with Crippen molar-refractivity contribution in [2.45, 2.75) is 80.6 Å². The van der Waals surface area contributed by atoms with Crippen LogP contribution in [0.2, 0.25) is 0 Å². The van der Waals surface area contributed by atoms with Gasteiger partial charge in [-0.1, -0.05) is 40.2 Å². The molecule has 1 N–H and O–H groups in total. The summed E-state index contributed by atoms with van der Waals surface area (Å²) in [4.78, 5) is 17.5. The average molecular weight is 665 g/mol. The second-order valence-electron chi connectivity index (χ2n) is 11.7. The number of halogens is 3. The van der Waals surface area contributed by atoms with Crippen LogP contribution in [0, 0.1) is 0 Å². The molecule has 42 heavy (non-hydrogen) atoms. The minimum absolute atomic E-state index is 0.0305. The zero-order chi connectivity index (χ0) is 30.4. The molecule has 2 aliphatic heterocycles. The van der Waals surface area contributed by atoms with Crippen LogP contribution in [0.3, 0.4) is 0 Å². The van der Waals surface area contributed by atoms with E-state index >= 15 is 8.78 Å². The fraction of sp³-hybridized carbons (Fsp3) is 0.452. The maximum atomic E-state index is 16.3. The number of benzene rings is 3. The Morgan fingerprint density at radius 2 is 1.60 bits per heavy atom. The number of carbonyl (C=O) groups is 1. The minimum atomic E-state index is -4.53. The highest BCUT2D eigenvalue weighted by molar-refractivity contribution is 9.10. The number of carbonyl (C=O) groups excluding carboxylic acids is 1. The molecule has 0 aromatic heterocycles. The summed E-state index contributed by atoms with van der Waals surface area (Å²) in [5.41, 5.74) is -0.446. The van der Waals surface area contributed by atoms with Gasteiger partial charge in [-0.3, -0.25) is 4.79 Å². The van der Waals surface area contributed by atoms with E-state index in [4.69, 9.17) is 4.74 Å².